The molecule has 0 rings (SSSR count). The zero-order valence-electron chi connectivity index (χ0n) is 8.41. The zero-order chi connectivity index (χ0) is 10.8. The van der Waals surface area contributed by atoms with E-state index in [2.05, 4.69) is 10.1 Å². The van der Waals surface area contributed by atoms with Crippen LogP contribution in [0.3, 0.4) is 0 Å². The van der Waals surface area contributed by atoms with Gasteiger partial charge in [-0.25, -0.2) is 0 Å². The summed E-state index contributed by atoms with van der Waals surface area (Å²) in [4.78, 5) is 21.7. The van der Waals surface area contributed by atoms with Crippen molar-refractivity contribution in [3.63, 3.8) is 0 Å². The van der Waals surface area contributed by atoms with E-state index >= 15 is 0 Å². The Morgan fingerprint density at radius 2 is 1.93 bits per heavy atom. The maximum Gasteiger partial charge on any atom is 0.305 e. The first-order valence-electron chi connectivity index (χ1n) is 4.65. The van der Waals surface area contributed by atoms with Gasteiger partial charge >= 0.3 is 5.97 Å². The standard InChI is InChI=1S/C9H17NO4/c1-14-9(13)5-3-2-4-8(12)10-6-7-11/h11H,2-7H2,1H3,(H,10,12). The van der Waals surface area contributed by atoms with Crippen LogP contribution in [0.2, 0.25) is 0 Å². The van der Waals surface area contributed by atoms with Crippen LogP contribution in [0, 0.1) is 0 Å². The number of methoxy groups -OCH3 is 1. The maximum atomic E-state index is 11.0. The largest absolute Gasteiger partial charge is 0.469 e. The highest BCUT2D eigenvalue weighted by molar-refractivity contribution is 5.75. The monoisotopic (exact) mass is 203 g/mol. The summed E-state index contributed by atoms with van der Waals surface area (Å²) in [6, 6.07) is 0. The van der Waals surface area contributed by atoms with E-state index in [4.69, 9.17) is 5.11 Å². The Hall–Kier alpha value is -1.10. The molecular formula is C9H17NO4. The molecule has 0 aromatic rings. The van der Waals surface area contributed by atoms with E-state index in [1.54, 1.807) is 0 Å². The molecule has 0 radical (unpaired) electrons. The molecule has 0 fully saturated rings. The Bertz CT molecular complexity index is 182. The van der Waals surface area contributed by atoms with Gasteiger partial charge in [-0.3, -0.25) is 9.59 Å². The lowest BCUT2D eigenvalue weighted by Gasteiger charge is -2.02. The molecule has 2 N–H and O–H groups in total. The lowest BCUT2D eigenvalue weighted by molar-refractivity contribution is -0.140. The fraction of sp³-hybridized carbons (Fsp3) is 0.778. The highest BCUT2D eigenvalue weighted by atomic mass is 16.5. The highest BCUT2D eigenvalue weighted by Crippen LogP contribution is 2.00. The quantitative estimate of drug-likeness (QED) is 0.445. The van der Waals surface area contributed by atoms with E-state index in [-0.39, 0.29) is 25.0 Å². The number of carbonyl (C=O) groups is 2. The van der Waals surface area contributed by atoms with Crippen molar-refractivity contribution in [1.82, 2.24) is 5.32 Å². The molecular weight excluding hydrogens is 186 g/mol. The number of nitrogens with one attached hydrogen (secondary N) is 1. The normalized spacial score (nSPS) is 9.57. The van der Waals surface area contributed by atoms with E-state index < -0.39 is 0 Å². The van der Waals surface area contributed by atoms with Crippen molar-refractivity contribution >= 4 is 11.9 Å². The van der Waals surface area contributed by atoms with Gasteiger partial charge in [-0.1, -0.05) is 0 Å². The molecule has 0 aliphatic heterocycles. The third-order valence-electron chi connectivity index (χ3n) is 1.70. The molecule has 0 aromatic heterocycles. The molecule has 0 spiro atoms. The van der Waals surface area contributed by atoms with E-state index in [1.807, 2.05) is 0 Å². The Balaban J connectivity index is 3.27. The number of aliphatic hydroxyl groups excluding tert-OH is 1. The molecule has 5 heteroatoms. The number of carbonyl (C=O) groups excluding carboxylic acids is 2. The van der Waals surface area contributed by atoms with Crippen molar-refractivity contribution in [3.05, 3.63) is 0 Å². The number of rotatable bonds is 7. The van der Waals surface area contributed by atoms with Crippen molar-refractivity contribution in [1.29, 1.82) is 0 Å². The summed E-state index contributed by atoms with van der Waals surface area (Å²) < 4.78 is 4.45. The Morgan fingerprint density at radius 1 is 1.29 bits per heavy atom. The van der Waals surface area contributed by atoms with Gasteiger partial charge in [0, 0.05) is 19.4 Å². The fourth-order valence-electron chi connectivity index (χ4n) is 0.941. The minimum Gasteiger partial charge on any atom is -0.469 e. The molecule has 0 bridgehead atoms. The Labute approximate surface area is 83.4 Å². The van der Waals surface area contributed by atoms with E-state index in [9.17, 15) is 9.59 Å². The van der Waals surface area contributed by atoms with Crippen LogP contribution in [0.4, 0.5) is 0 Å². The first-order chi connectivity index (χ1) is 6.70. The van der Waals surface area contributed by atoms with Crippen LogP contribution in [0.15, 0.2) is 0 Å². The molecule has 0 heterocycles. The molecule has 82 valence electrons. The minimum atomic E-state index is -0.249. The van der Waals surface area contributed by atoms with Gasteiger partial charge in [0.2, 0.25) is 5.91 Å². The molecule has 0 saturated heterocycles. The number of hydrogen-bond acceptors (Lipinski definition) is 4. The van der Waals surface area contributed by atoms with Gasteiger partial charge < -0.3 is 15.2 Å². The molecule has 0 aromatic carbocycles. The summed E-state index contributed by atoms with van der Waals surface area (Å²) in [6.45, 7) is 0.240. The van der Waals surface area contributed by atoms with Gasteiger partial charge in [0.25, 0.3) is 0 Å². The van der Waals surface area contributed by atoms with E-state index in [0.29, 0.717) is 25.7 Å². The molecule has 14 heavy (non-hydrogen) atoms. The van der Waals surface area contributed by atoms with Gasteiger partial charge in [0.1, 0.15) is 0 Å². The maximum absolute atomic E-state index is 11.0. The zero-order valence-corrected chi connectivity index (χ0v) is 8.41. The number of ether oxygens (including phenoxy) is 1. The molecule has 0 unspecified atom stereocenters. The summed E-state index contributed by atoms with van der Waals surface area (Å²) in [7, 11) is 1.34. The van der Waals surface area contributed by atoms with Crippen molar-refractivity contribution < 1.29 is 19.4 Å². The third kappa shape index (κ3) is 7.54. The Kier molecular flexibility index (Phi) is 7.83. The van der Waals surface area contributed by atoms with Crippen LogP contribution < -0.4 is 5.32 Å². The lowest BCUT2D eigenvalue weighted by atomic mass is 10.2. The fourth-order valence-corrected chi connectivity index (χ4v) is 0.941. The minimum absolute atomic E-state index is 0.0477. The van der Waals surface area contributed by atoms with Crippen LogP contribution in [-0.4, -0.2) is 37.2 Å². The lowest BCUT2D eigenvalue weighted by Crippen LogP contribution is -2.25. The predicted molar refractivity (Wildman–Crippen MR) is 50.6 cm³/mol. The third-order valence-corrected chi connectivity index (χ3v) is 1.70. The highest BCUT2D eigenvalue weighted by Gasteiger charge is 2.02. The molecule has 0 aliphatic rings. The summed E-state index contributed by atoms with van der Waals surface area (Å²) >= 11 is 0. The number of amides is 1. The van der Waals surface area contributed by atoms with Crippen molar-refractivity contribution in [3.8, 4) is 0 Å². The van der Waals surface area contributed by atoms with Crippen molar-refractivity contribution in [2.24, 2.45) is 0 Å². The van der Waals surface area contributed by atoms with Crippen LogP contribution in [0.25, 0.3) is 0 Å². The van der Waals surface area contributed by atoms with Crippen LogP contribution in [0.5, 0.6) is 0 Å². The first kappa shape index (κ1) is 12.9. The second-order valence-electron chi connectivity index (χ2n) is 2.86. The van der Waals surface area contributed by atoms with Crippen molar-refractivity contribution in [2.75, 3.05) is 20.3 Å². The number of esters is 1. The Morgan fingerprint density at radius 3 is 2.50 bits per heavy atom. The molecule has 0 atom stereocenters. The van der Waals surface area contributed by atoms with E-state index in [0.717, 1.165) is 0 Å². The summed E-state index contributed by atoms with van der Waals surface area (Å²) in [5.41, 5.74) is 0. The van der Waals surface area contributed by atoms with Gasteiger partial charge in [-0.15, -0.1) is 0 Å². The summed E-state index contributed by atoms with van der Waals surface area (Å²) in [6.07, 6.45) is 2.05. The van der Waals surface area contributed by atoms with Gasteiger partial charge in [-0.05, 0) is 12.8 Å². The average molecular weight is 203 g/mol. The number of aliphatic hydroxyl groups is 1. The van der Waals surface area contributed by atoms with Crippen LogP contribution in [-0.2, 0) is 14.3 Å². The first-order valence-corrected chi connectivity index (χ1v) is 4.65. The second-order valence-corrected chi connectivity index (χ2v) is 2.86. The molecule has 0 saturated carbocycles. The number of hydrogen-bond donors (Lipinski definition) is 2. The van der Waals surface area contributed by atoms with Crippen LogP contribution in [0.1, 0.15) is 25.7 Å². The topological polar surface area (TPSA) is 75.6 Å². The SMILES string of the molecule is COC(=O)CCCCC(=O)NCCO. The van der Waals surface area contributed by atoms with Crippen LogP contribution >= 0.6 is 0 Å². The van der Waals surface area contributed by atoms with Crippen molar-refractivity contribution in [2.45, 2.75) is 25.7 Å². The average Bonchev–Trinajstić information content (AvgIpc) is 2.21. The molecule has 1 amide bonds. The van der Waals surface area contributed by atoms with Gasteiger partial charge in [0.05, 0.1) is 13.7 Å². The molecule has 0 aliphatic carbocycles. The number of unbranched alkanes of at least 4 members (excludes halogenated alkanes) is 1. The van der Waals surface area contributed by atoms with Gasteiger partial charge in [0.15, 0.2) is 0 Å². The summed E-state index contributed by atoms with van der Waals surface area (Å²) in [5, 5.41) is 10.9. The molecule has 5 nitrogen and oxygen atoms in total. The summed E-state index contributed by atoms with van der Waals surface area (Å²) in [5.74, 6) is -0.343. The predicted octanol–water partition coefficient (Wildman–Crippen LogP) is -0.172. The van der Waals surface area contributed by atoms with E-state index in [1.165, 1.54) is 7.11 Å². The smallest absolute Gasteiger partial charge is 0.305 e. The van der Waals surface area contributed by atoms with Gasteiger partial charge in [-0.2, -0.15) is 0 Å². The second kappa shape index (κ2) is 8.50.